The number of aromatic nitrogens is 2. The number of rotatable bonds is 7. The summed E-state index contributed by atoms with van der Waals surface area (Å²) in [6.45, 7) is 2.12. The molecule has 30 heavy (non-hydrogen) atoms. The summed E-state index contributed by atoms with van der Waals surface area (Å²) in [6, 6.07) is 12.2. The quantitative estimate of drug-likeness (QED) is 0.627. The molecule has 0 radical (unpaired) electrons. The minimum absolute atomic E-state index is 0.101. The Labute approximate surface area is 172 Å². The predicted octanol–water partition coefficient (Wildman–Crippen LogP) is 2.89. The zero-order chi connectivity index (χ0) is 21.1. The molecule has 2 aromatic carbocycles. The van der Waals surface area contributed by atoms with Gasteiger partial charge in [0, 0.05) is 25.1 Å². The van der Waals surface area contributed by atoms with Gasteiger partial charge in [-0.2, -0.15) is 0 Å². The Hall–Kier alpha value is -3.55. The van der Waals surface area contributed by atoms with Gasteiger partial charge in [0.05, 0.1) is 12.3 Å². The molecular weight excluding hydrogens is 387 g/mol. The summed E-state index contributed by atoms with van der Waals surface area (Å²) in [5, 5.41) is 13.4. The zero-order valence-corrected chi connectivity index (χ0v) is 16.4. The summed E-state index contributed by atoms with van der Waals surface area (Å²) in [7, 11) is 0. The first-order valence-electron chi connectivity index (χ1n) is 9.72. The lowest BCUT2D eigenvalue weighted by atomic mass is 10.0. The maximum Gasteiger partial charge on any atom is 0.233 e. The highest BCUT2D eigenvalue weighted by Gasteiger charge is 2.31. The van der Waals surface area contributed by atoms with E-state index in [2.05, 4.69) is 26.9 Å². The van der Waals surface area contributed by atoms with Crippen molar-refractivity contribution in [2.75, 3.05) is 11.9 Å². The predicted molar refractivity (Wildman–Crippen MR) is 107 cm³/mol. The van der Waals surface area contributed by atoms with Crippen molar-refractivity contribution < 1.29 is 18.4 Å². The molecule has 154 valence electrons. The summed E-state index contributed by atoms with van der Waals surface area (Å²) < 4.78 is 19.1. The molecule has 8 heteroatoms. The van der Waals surface area contributed by atoms with Crippen LogP contribution in [0.2, 0.25) is 0 Å². The van der Waals surface area contributed by atoms with E-state index < -0.39 is 11.7 Å². The number of hydrogen-bond acceptors (Lipinski definition) is 5. The molecule has 1 aromatic heterocycles. The van der Waals surface area contributed by atoms with Crippen molar-refractivity contribution in [3.8, 4) is 0 Å². The molecule has 0 saturated carbocycles. The Morgan fingerprint density at radius 1 is 1.20 bits per heavy atom. The molecule has 2 amide bonds. The molecule has 4 rings (SSSR count). The van der Waals surface area contributed by atoms with Gasteiger partial charge in [0.25, 0.3) is 0 Å². The van der Waals surface area contributed by atoms with Crippen LogP contribution in [0.1, 0.15) is 40.8 Å². The number of amides is 2. The highest BCUT2D eigenvalue weighted by atomic mass is 19.1. The van der Waals surface area contributed by atoms with Crippen LogP contribution in [-0.4, -0.2) is 28.6 Å². The van der Waals surface area contributed by atoms with Crippen LogP contribution >= 0.6 is 0 Å². The average Bonchev–Trinajstić information content (AvgIpc) is 3.28. The SMILES string of the molecule is Cc1cccc(Cc2nnc(CCC(=O)NCC3C(=O)Nc4ccc(F)cc43)o2)c1. The average molecular weight is 408 g/mol. The third-order valence-corrected chi connectivity index (χ3v) is 4.98. The highest BCUT2D eigenvalue weighted by molar-refractivity contribution is 6.03. The monoisotopic (exact) mass is 408 g/mol. The topological polar surface area (TPSA) is 97.1 Å². The van der Waals surface area contributed by atoms with E-state index in [1.54, 1.807) is 0 Å². The lowest BCUT2D eigenvalue weighted by Gasteiger charge is -2.10. The van der Waals surface area contributed by atoms with Gasteiger partial charge < -0.3 is 15.1 Å². The summed E-state index contributed by atoms with van der Waals surface area (Å²) in [4.78, 5) is 24.3. The number of nitrogens with zero attached hydrogens (tertiary/aromatic N) is 2. The van der Waals surface area contributed by atoms with Crippen LogP contribution in [0.4, 0.5) is 10.1 Å². The fourth-order valence-corrected chi connectivity index (χ4v) is 3.48. The molecule has 0 bridgehead atoms. The number of anilines is 1. The molecule has 0 saturated heterocycles. The summed E-state index contributed by atoms with van der Waals surface area (Å²) in [5.41, 5.74) is 3.37. The summed E-state index contributed by atoms with van der Waals surface area (Å²) in [5.74, 6) is -0.640. The van der Waals surface area contributed by atoms with Crippen molar-refractivity contribution in [2.45, 2.75) is 32.1 Å². The number of aryl methyl sites for hydroxylation is 2. The van der Waals surface area contributed by atoms with Crippen LogP contribution in [0, 0.1) is 12.7 Å². The number of nitrogens with one attached hydrogen (secondary N) is 2. The Bertz CT molecular complexity index is 1100. The van der Waals surface area contributed by atoms with Crippen LogP contribution in [0.25, 0.3) is 0 Å². The minimum atomic E-state index is -0.607. The number of benzene rings is 2. The summed E-state index contributed by atoms with van der Waals surface area (Å²) >= 11 is 0. The second-order valence-corrected chi connectivity index (χ2v) is 7.33. The van der Waals surface area contributed by atoms with E-state index in [1.165, 1.54) is 18.2 Å². The standard InChI is InChI=1S/C22H21FN4O3/c1-13-3-2-4-14(9-13)10-21-27-26-20(30-21)8-7-19(28)24-12-17-16-11-15(23)5-6-18(16)25-22(17)29/h2-6,9,11,17H,7-8,10,12H2,1H3,(H,24,28)(H,25,29). The van der Waals surface area contributed by atoms with Crippen LogP contribution < -0.4 is 10.6 Å². The molecule has 0 aliphatic carbocycles. The Balaban J connectivity index is 1.27. The van der Waals surface area contributed by atoms with Gasteiger partial charge in [0.2, 0.25) is 23.6 Å². The van der Waals surface area contributed by atoms with Crippen LogP contribution in [0.3, 0.4) is 0 Å². The Kier molecular flexibility index (Phi) is 5.56. The van der Waals surface area contributed by atoms with Gasteiger partial charge in [0.15, 0.2) is 0 Å². The first-order chi connectivity index (χ1) is 14.5. The number of fused-ring (bicyclic) bond motifs is 1. The van der Waals surface area contributed by atoms with Crippen molar-refractivity contribution >= 4 is 17.5 Å². The van der Waals surface area contributed by atoms with Crippen molar-refractivity contribution in [1.82, 2.24) is 15.5 Å². The van der Waals surface area contributed by atoms with E-state index in [0.29, 0.717) is 35.9 Å². The first-order valence-corrected chi connectivity index (χ1v) is 9.72. The minimum Gasteiger partial charge on any atom is -0.425 e. The van der Waals surface area contributed by atoms with Crippen molar-refractivity contribution in [1.29, 1.82) is 0 Å². The van der Waals surface area contributed by atoms with Gasteiger partial charge in [-0.1, -0.05) is 29.8 Å². The molecule has 0 fully saturated rings. The number of hydrogen-bond donors (Lipinski definition) is 2. The van der Waals surface area contributed by atoms with Gasteiger partial charge in [-0.25, -0.2) is 4.39 Å². The van der Waals surface area contributed by atoms with E-state index >= 15 is 0 Å². The maximum atomic E-state index is 13.5. The van der Waals surface area contributed by atoms with Crippen molar-refractivity contribution in [3.63, 3.8) is 0 Å². The highest BCUT2D eigenvalue weighted by Crippen LogP contribution is 2.32. The second-order valence-electron chi connectivity index (χ2n) is 7.33. The molecular formula is C22H21FN4O3. The van der Waals surface area contributed by atoms with Crippen molar-refractivity contribution in [3.05, 3.63) is 76.8 Å². The zero-order valence-electron chi connectivity index (χ0n) is 16.4. The number of carbonyl (C=O) groups excluding carboxylic acids is 2. The van der Waals surface area contributed by atoms with E-state index in [0.717, 1.165) is 11.1 Å². The largest absolute Gasteiger partial charge is 0.425 e. The molecule has 1 aliphatic heterocycles. The van der Waals surface area contributed by atoms with E-state index in [4.69, 9.17) is 4.42 Å². The Morgan fingerprint density at radius 2 is 2.03 bits per heavy atom. The molecule has 0 spiro atoms. The van der Waals surface area contributed by atoms with Crippen LogP contribution in [-0.2, 0) is 22.4 Å². The second kappa shape index (κ2) is 8.44. The number of halogens is 1. The lowest BCUT2D eigenvalue weighted by Crippen LogP contribution is -2.31. The molecule has 1 atom stereocenters. The van der Waals surface area contributed by atoms with Gasteiger partial charge in [0.1, 0.15) is 5.82 Å². The maximum absolute atomic E-state index is 13.5. The molecule has 1 unspecified atom stereocenters. The fraction of sp³-hybridized carbons (Fsp3) is 0.273. The van der Waals surface area contributed by atoms with Gasteiger partial charge in [-0.05, 0) is 36.2 Å². The molecule has 2 heterocycles. The van der Waals surface area contributed by atoms with Gasteiger partial charge >= 0.3 is 0 Å². The third-order valence-electron chi connectivity index (χ3n) is 4.98. The third kappa shape index (κ3) is 4.53. The smallest absolute Gasteiger partial charge is 0.233 e. The molecule has 3 aromatic rings. The first kappa shape index (κ1) is 19.8. The van der Waals surface area contributed by atoms with Crippen LogP contribution in [0.15, 0.2) is 46.9 Å². The summed E-state index contributed by atoms with van der Waals surface area (Å²) in [6.07, 6.45) is 0.985. The van der Waals surface area contributed by atoms with E-state index in [1.807, 2.05) is 25.1 Å². The molecule has 7 nitrogen and oxygen atoms in total. The van der Waals surface area contributed by atoms with Crippen LogP contribution in [0.5, 0.6) is 0 Å². The number of carbonyl (C=O) groups is 2. The molecule has 2 N–H and O–H groups in total. The van der Waals surface area contributed by atoms with Gasteiger partial charge in [-0.3, -0.25) is 9.59 Å². The van der Waals surface area contributed by atoms with E-state index in [9.17, 15) is 14.0 Å². The Morgan fingerprint density at radius 3 is 2.87 bits per heavy atom. The lowest BCUT2D eigenvalue weighted by molar-refractivity contribution is -0.121. The molecule has 1 aliphatic rings. The normalized spacial score (nSPS) is 15.0. The van der Waals surface area contributed by atoms with E-state index in [-0.39, 0.29) is 24.8 Å². The fourth-order valence-electron chi connectivity index (χ4n) is 3.48. The van der Waals surface area contributed by atoms with Gasteiger partial charge in [-0.15, -0.1) is 10.2 Å². The van der Waals surface area contributed by atoms with Crippen molar-refractivity contribution in [2.24, 2.45) is 0 Å².